The molecule has 0 spiro atoms. The zero-order valence-corrected chi connectivity index (χ0v) is 44.0. The molecule has 1 aromatic heterocycles. The molecule has 8 saturated carbocycles. The second-order valence-electron chi connectivity index (χ2n) is 28.0. The summed E-state index contributed by atoms with van der Waals surface area (Å²) in [4.78, 5) is 5.31. The van der Waals surface area contributed by atoms with E-state index in [9.17, 15) is 10.2 Å². The first-order valence-electron chi connectivity index (χ1n) is 26.5. The maximum absolute atomic E-state index is 15.6. The van der Waals surface area contributed by atoms with Gasteiger partial charge < -0.3 is 10.2 Å². The molecule has 3 nitrogen and oxygen atoms in total. The maximum Gasteiger partial charge on any atom is 0.416 e. The first-order valence-corrected chi connectivity index (χ1v) is 26.5. The minimum absolute atomic E-state index is 0.0866. The van der Waals surface area contributed by atoms with E-state index < -0.39 is 11.7 Å². The van der Waals surface area contributed by atoms with Gasteiger partial charge in [0.05, 0.1) is 17.0 Å². The highest BCUT2D eigenvalue weighted by molar-refractivity contribution is 5.90. The molecule has 1 heterocycles. The monoisotopic (exact) mass is 948 g/mol. The number of halogens is 3. The zero-order chi connectivity index (χ0) is 50.1. The Kier molecular flexibility index (Phi) is 10.2. The van der Waals surface area contributed by atoms with Crippen molar-refractivity contribution in [2.24, 2.45) is 32.5 Å². The number of aryl methyl sites for hydroxylation is 2. The van der Waals surface area contributed by atoms with Gasteiger partial charge in [-0.25, -0.2) is 4.98 Å². The predicted molar refractivity (Wildman–Crippen MR) is 279 cm³/mol. The molecule has 4 aromatic carbocycles. The molecule has 8 aliphatic rings. The number of phenols is 2. The number of benzene rings is 4. The summed E-state index contributed by atoms with van der Waals surface area (Å²) in [7, 11) is 0. The number of pyridine rings is 1. The molecular weight excluding hydrogens is 872 g/mol. The fourth-order valence-corrected chi connectivity index (χ4v) is 19.6. The van der Waals surface area contributed by atoms with Crippen molar-refractivity contribution in [3.8, 4) is 56.3 Å². The summed E-state index contributed by atoms with van der Waals surface area (Å²) in [6.07, 6.45) is 8.66. The van der Waals surface area contributed by atoms with E-state index in [0.29, 0.717) is 33.4 Å². The SMILES string of the molecule is Cc1cc(-c2ccc(C(C)C)cc2-c2cc(C(F)(F)F)cc(-c3cc(C(C)C)ccc3-c3cc(C)cc(C45CC6(C)CC(C)(CC(C)(C6)C4)C5)c3O)n2)c(O)c(C23CC4(C)CC(C)(CC(C)(C4)C2)C3)c1. The lowest BCUT2D eigenvalue weighted by Gasteiger charge is -2.69. The van der Waals surface area contributed by atoms with Crippen LogP contribution in [0.1, 0.15) is 197 Å². The van der Waals surface area contributed by atoms with Gasteiger partial charge in [-0.2, -0.15) is 13.2 Å². The number of aromatic hydroxyl groups is 2. The van der Waals surface area contributed by atoms with Crippen molar-refractivity contribution < 1.29 is 23.4 Å². The summed E-state index contributed by atoms with van der Waals surface area (Å²) in [6.45, 7) is 27.3. The Hall–Kier alpha value is -4.58. The van der Waals surface area contributed by atoms with Gasteiger partial charge >= 0.3 is 6.18 Å². The zero-order valence-electron chi connectivity index (χ0n) is 44.0. The van der Waals surface area contributed by atoms with Gasteiger partial charge in [0.15, 0.2) is 0 Å². The van der Waals surface area contributed by atoms with Gasteiger partial charge in [0.2, 0.25) is 0 Å². The summed E-state index contributed by atoms with van der Waals surface area (Å²) >= 11 is 0. The van der Waals surface area contributed by atoms with Crippen molar-refractivity contribution in [3.05, 3.63) is 112 Å². The van der Waals surface area contributed by atoms with Gasteiger partial charge in [-0.05, 0) is 205 Å². The predicted octanol–water partition coefficient (Wildman–Crippen LogP) is 18.3. The molecule has 6 heteroatoms. The molecule has 70 heavy (non-hydrogen) atoms. The van der Waals surface area contributed by atoms with Crippen LogP contribution in [-0.4, -0.2) is 15.2 Å². The van der Waals surface area contributed by atoms with E-state index in [2.05, 4.69) is 107 Å². The van der Waals surface area contributed by atoms with Crippen LogP contribution < -0.4 is 0 Å². The van der Waals surface area contributed by atoms with Crippen LogP contribution in [0.3, 0.4) is 0 Å². The number of aromatic nitrogens is 1. The lowest BCUT2D eigenvalue weighted by atomic mass is 9.35. The van der Waals surface area contributed by atoms with Crippen LogP contribution in [0.15, 0.2) is 72.8 Å². The lowest BCUT2D eigenvalue weighted by molar-refractivity contribution is -0.153. The van der Waals surface area contributed by atoms with E-state index in [1.54, 1.807) is 0 Å². The second kappa shape index (κ2) is 15.0. The summed E-state index contributed by atoms with van der Waals surface area (Å²) < 4.78 is 46.7. The van der Waals surface area contributed by atoms with Gasteiger partial charge in [-0.15, -0.1) is 0 Å². The molecule has 8 fully saturated rings. The molecule has 0 unspecified atom stereocenters. The van der Waals surface area contributed by atoms with Gasteiger partial charge in [0.1, 0.15) is 11.5 Å². The molecule has 8 bridgehead atoms. The highest BCUT2D eigenvalue weighted by atomic mass is 19.4. The maximum atomic E-state index is 15.6. The Morgan fingerprint density at radius 1 is 0.429 bits per heavy atom. The van der Waals surface area contributed by atoms with E-state index in [-0.39, 0.29) is 78.0 Å². The molecule has 8 aliphatic carbocycles. The van der Waals surface area contributed by atoms with Crippen LogP contribution in [0.2, 0.25) is 0 Å². The Bertz CT molecular complexity index is 2710. The van der Waals surface area contributed by atoms with Gasteiger partial charge in [0, 0.05) is 44.2 Å². The van der Waals surface area contributed by atoms with E-state index in [0.717, 1.165) is 71.9 Å². The molecule has 5 aromatic rings. The van der Waals surface area contributed by atoms with Crippen LogP contribution in [-0.2, 0) is 17.0 Å². The molecule has 0 amide bonds. The van der Waals surface area contributed by atoms with Gasteiger partial charge in [0.25, 0.3) is 0 Å². The summed E-state index contributed by atoms with van der Waals surface area (Å²) in [5.74, 6) is 0.651. The number of rotatable bonds is 8. The second-order valence-corrected chi connectivity index (χ2v) is 28.0. The Morgan fingerprint density at radius 2 is 0.743 bits per heavy atom. The Morgan fingerprint density at radius 3 is 1.03 bits per heavy atom. The highest BCUT2D eigenvalue weighted by Crippen LogP contribution is 2.76. The molecule has 0 aliphatic heterocycles. The van der Waals surface area contributed by atoms with E-state index in [1.807, 2.05) is 36.4 Å². The number of hydrogen-bond donors (Lipinski definition) is 2. The normalized spacial score (nSPS) is 34.1. The molecule has 0 saturated heterocycles. The fourth-order valence-electron chi connectivity index (χ4n) is 19.6. The fraction of sp³-hybridized carbons (Fsp3) is 0.547. The van der Waals surface area contributed by atoms with E-state index >= 15 is 13.2 Å². The van der Waals surface area contributed by atoms with Crippen LogP contribution >= 0.6 is 0 Å². The van der Waals surface area contributed by atoms with Crippen molar-refractivity contribution >= 4 is 0 Å². The molecule has 13 rings (SSSR count). The largest absolute Gasteiger partial charge is 0.507 e. The van der Waals surface area contributed by atoms with Crippen molar-refractivity contribution in [2.45, 2.75) is 189 Å². The molecular formula is C64H76F3NO2. The molecule has 2 N–H and O–H groups in total. The first-order chi connectivity index (χ1) is 32.5. The van der Waals surface area contributed by atoms with Gasteiger partial charge in [-0.3, -0.25) is 0 Å². The summed E-state index contributed by atoms with van der Waals surface area (Å²) in [5.41, 5.74) is 10.0. The average Bonchev–Trinajstić information content (AvgIpc) is 3.20. The smallest absolute Gasteiger partial charge is 0.416 e. The molecule has 0 atom stereocenters. The third-order valence-corrected chi connectivity index (χ3v) is 19.1. The van der Waals surface area contributed by atoms with Crippen molar-refractivity contribution in [1.82, 2.24) is 4.98 Å². The van der Waals surface area contributed by atoms with Gasteiger partial charge in [-0.1, -0.05) is 106 Å². The van der Waals surface area contributed by atoms with E-state index in [4.69, 9.17) is 4.98 Å². The third kappa shape index (κ3) is 7.68. The van der Waals surface area contributed by atoms with Crippen molar-refractivity contribution in [3.63, 3.8) is 0 Å². The Labute approximate surface area is 416 Å². The first kappa shape index (κ1) is 47.7. The quantitative estimate of drug-likeness (QED) is 0.163. The number of phenolic OH excluding ortho intramolecular Hbond substituents is 2. The van der Waals surface area contributed by atoms with Crippen LogP contribution in [0.5, 0.6) is 11.5 Å². The Balaban J connectivity index is 1.10. The third-order valence-electron chi connectivity index (χ3n) is 19.1. The minimum Gasteiger partial charge on any atom is -0.507 e. The topological polar surface area (TPSA) is 53.4 Å². The summed E-state index contributed by atoms with van der Waals surface area (Å²) in [5, 5.41) is 25.7. The van der Waals surface area contributed by atoms with Crippen LogP contribution in [0, 0.1) is 46.3 Å². The standard InChI is InChI=1S/C64H76F3NO2/c1-37(2)41-13-15-44(48-17-39(5)19-50(54(48)69)62-31-56(7)25-57(8,32-62)27-58(9,26-56)33-62)46(21-41)52-23-43(64(65,66)67)24-53(68-52)47-22-42(38(3)4)14-16-45(47)49-18-40(6)20-51(55(49)70)63-34-59(10)28-60(11,35-63)30-61(12,29-59)36-63/h13-24,37-38,69-70H,25-36H2,1-12H3. The summed E-state index contributed by atoms with van der Waals surface area (Å²) in [6, 6.07) is 22.9. The number of nitrogens with zero attached hydrogens (tertiary/aromatic N) is 1. The average molecular weight is 948 g/mol. The van der Waals surface area contributed by atoms with Crippen molar-refractivity contribution in [2.75, 3.05) is 0 Å². The van der Waals surface area contributed by atoms with Crippen LogP contribution in [0.25, 0.3) is 44.8 Å². The van der Waals surface area contributed by atoms with Crippen molar-refractivity contribution in [1.29, 1.82) is 0 Å². The van der Waals surface area contributed by atoms with E-state index in [1.165, 1.54) is 50.7 Å². The highest BCUT2D eigenvalue weighted by Gasteiger charge is 2.66. The van der Waals surface area contributed by atoms with Crippen LogP contribution in [0.4, 0.5) is 13.2 Å². The minimum atomic E-state index is -4.68. The number of hydrogen-bond acceptors (Lipinski definition) is 3. The number of alkyl halides is 3. The molecule has 0 radical (unpaired) electrons. The molecule has 370 valence electrons. The lowest BCUT2D eigenvalue weighted by Crippen LogP contribution is -2.60.